The molecule has 1 aliphatic rings. The number of aliphatic imine (C=N–C) groups is 1. The number of rotatable bonds is 4. The summed E-state index contributed by atoms with van der Waals surface area (Å²) in [5, 5.41) is 11.7. The highest BCUT2D eigenvalue weighted by Crippen LogP contribution is 2.27. The van der Waals surface area contributed by atoms with E-state index in [4.69, 9.17) is 4.99 Å². The van der Waals surface area contributed by atoms with Crippen LogP contribution in [-0.2, 0) is 13.0 Å². The van der Waals surface area contributed by atoms with Crippen LogP contribution in [0.5, 0.6) is 0 Å². The van der Waals surface area contributed by atoms with Crippen molar-refractivity contribution in [2.24, 2.45) is 4.99 Å². The van der Waals surface area contributed by atoms with Gasteiger partial charge in [0.25, 0.3) is 0 Å². The number of hydrogen-bond acceptors (Lipinski definition) is 3. The molecule has 27 heavy (non-hydrogen) atoms. The molecule has 0 spiro atoms. The molecule has 0 fully saturated rings. The third-order valence-electron chi connectivity index (χ3n) is 4.50. The molecule has 0 saturated heterocycles. The number of guanidine groups is 1. The zero-order valence-electron chi connectivity index (χ0n) is 15.2. The highest BCUT2D eigenvalue weighted by atomic mass is 127. The van der Waals surface area contributed by atoms with Crippen molar-refractivity contribution in [3.8, 4) is 5.69 Å². The quantitative estimate of drug-likeness (QED) is 0.358. The zero-order chi connectivity index (χ0) is 17.8. The molecule has 0 saturated carbocycles. The molecular formula is C20H23IN6. The van der Waals surface area contributed by atoms with Gasteiger partial charge in [0.15, 0.2) is 11.8 Å². The lowest BCUT2D eigenvalue weighted by Gasteiger charge is -2.22. The largest absolute Gasteiger partial charge is 0.356 e. The lowest BCUT2D eigenvalue weighted by Crippen LogP contribution is -2.40. The van der Waals surface area contributed by atoms with Crippen LogP contribution >= 0.6 is 24.0 Å². The Bertz CT molecular complexity index is 906. The Kier molecular flexibility index (Phi) is 6.44. The molecule has 0 atom stereocenters. The van der Waals surface area contributed by atoms with E-state index >= 15 is 0 Å². The van der Waals surface area contributed by atoms with Gasteiger partial charge in [0, 0.05) is 24.5 Å². The topological polar surface area (TPSA) is 58.3 Å². The van der Waals surface area contributed by atoms with Crippen molar-refractivity contribution in [2.45, 2.75) is 19.9 Å². The highest BCUT2D eigenvalue weighted by Gasteiger charge is 2.22. The SMILES string of the molecule is CCNC(=NCc1nncn1-c1ccccc1)N1CCc2ccccc21.I. The van der Waals surface area contributed by atoms with Crippen LogP contribution < -0.4 is 10.2 Å². The number of nitrogens with one attached hydrogen (secondary N) is 1. The summed E-state index contributed by atoms with van der Waals surface area (Å²) in [4.78, 5) is 7.08. The van der Waals surface area contributed by atoms with Crippen LogP contribution in [0.3, 0.4) is 0 Å². The van der Waals surface area contributed by atoms with Crippen LogP contribution in [0.4, 0.5) is 5.69 Å². The average Bonchev–Trinajstić information content (AvgIpc) is 3.33. The van der Waals surface area contributed by atoms with Gasteiger partial charge in [-0.3, -0.25) is 4.57 Å². The number of hydrogen-bond donors (Lipinski definition) is 1. The monoisotopic (exact) mass is 474 g/mol. The van der Waals surface area contributed by atoms with Gasteiger partial charge in [-0.25, -0.2) is 4.99 Å². The molecule has 1 N–H and O–H groups in total. The number of nitrogens with zero attached hydrogens (tertiary/aromatic N) is 5. The molecule has 3 aromatic rings. The van der Waals surface area contributed by atoms with E-state index in [0.29, 0.717) is 6.54 Å². The molecule has 0 aliphatic carbocycles. The Morgan fingerprint density at radius 1 is 1.11 bits per heavy atom. The van der Waals surface area contributed by atoms with Crippen LogP contribution in [0.25, 0.3) is 5.69 Å². The van der Waals surface area contributed by atoms with Crippen LogP contribution in [0.2, 0.25) is 0 Å². The van der Waals surface area contributed by atoms with Gasteiger partial charge in [-0.1, -0.05) is 36.4 Å². The number of aromatic nitrogens is 3. The summed E-state index contributed by atoms with van der Waals surface area (Å²) in [6.07, 6.45) is 2.78. The van der Waals surface area contributed by atoms with Crippen molar-refractivity contribution in [1.82, 2.24) is 20.1 Å². The Morgan fingerprint density at radius 3 is 2.70 bits per heavy atom. The first-order chi connectivity index (χ1) is 12.9. The summed E-state index contributed by atoms with van der Waals surface area (Å²) < 4.78 is 1.98. The van der Waals surface area contributed by atoms with Crippen molar-refractivity contribution in [3.63, 3.8) is 0 Å². The Morgan fingerprint density at radius 2 is 1.89 bits per heavy atom. The standard InChI is InChI=1S/C20H22N6.HI/c1-2-21-20(25-13-12-16-8-6-7-11-18(16)25)22-14-19-24-23-15-26(19)17-9-4-3-5-10-17;/h3-11,15H,2,12-14H2,1H3,(H,21,22);1H. The number of para-hydroxylation sites is 2. The third kappa shape index (κ3) is 4.13. The summed E-state index contributed by atoms with van der Waals surface area (Å²) >= 11 is 0. The first-order valence-electron chi connectivity index (χ1n) is 8.95. The minimum Gasteiger partial charge on any atom is -0.356 e. The minimum atomic E-state index is 0. The predicted molar refractivity (Wildman–Crippen MR) is 119 cm³/mol. The molecular weight excluding hydrogens is 451 g/mol. The maximum absolute atomic E-state index is 4.83. The summed E-state index contributed by atoms with van der Waals surface area (Å²) in [5.41, 5.74) is 3.64. The molecule has 0 bridgehead atoms. The molecule has 140 valence electrons. The average molecular weight is 474 g/mol. The van der Waals surface area contributed by atoms with E-state index in [1.807, 2.05) is 34.9 Å². The molecule has 0 unspecified atom stereocenters. The summed E-state index contributed by atoms with van der Waals surface area (Å²) in [7, 11) is 0. The van der Waals surface area contributed by atoms with E-state index in [2.05, 4.69) is 51.6 Å². The van der Waals surface area contributed by atoms with Gasteiger partial charge in [0.1, 0.15) is 12.9 Å². The first-order valence-corrected chi connectivity index (χ1v) is 8.95. The lowest BCUT2D eigenvalue weighted by atomic mass is 10.2. The third-order valence-corrected chi connectivity index (χ3v) is 4.50. The molecule has 1 aromatic heterocycles. The molecule has 2 heterocycles. The number of benzene rings is 2. The fraction of sp³-hybridized carbons (Fsp3) is 0.250. The number of anilines is 1. The van der Waals surface area contributed by atoms with Gasteiger partial charge in [-0.05, 0) is 37.1 Å². The molecule has 0 radical (unpaired) electrons. The fourth-order valence-corrected chi connectivity index (χ4v) is 3.27. The maximum atomic E-state index is 4.83. The van der Waals surface area contributed by atoms with E-state index < -0.39 is 0 Å². The van der Waals surface area contributed by atoms with Gasteiger partial charge < -0.3 is 10.2 Å². The normalized spacial score (nSPS) is 13.2. The second-order valence-corrected chi connectivity index (χ2v) is 6.15. The van der Waals surface area contributed by atoms with E-state index in [9.17, 15) is 0 Å². The second-order valence-electron chi connectivity index (χ2n) is 6.15. The van der Waals surface area contributed by atoms with Crippen LogP contribution in [-0.4, -0.2) is 33.8 Å². The van der Waals surface area contributed by atoms with Gasteiger partial charge in [-0.2, -0.15) is 0 Å². The maximum Gasteiger partial charge on any atom is 0.198 e. The summed E-state index contributed by atoms with van der Waals surface area (Å²) in [6.45, 7) is 4.32. The molecule has 0 amide bonds. The minimum absolute atomic E-state index is 0. The highest BCUT2D eigenvalue weighted by molar-refractivity contribution is 14.0. The molecule has 1 aliphatic heterocycles. The van der Waals surface area contributed by atoms with E-state index in [-0.39, 0.29) is 24.0 Å². The van der Waals surface area contributed by atoms with Crippen molar-refractivity contribution < 1.29 is 0 Å². The fourth-order valence-electron chi connectivity index (χ4n) is 3.27. The Labute approximate surface area is 176 Å². The number of fused-ring (bicyclic) bond motifs is 1. The van der Waals surface area contributed by atoms with Gasteiger partial charge in [-0.15, -0.1) is 34.2 Å². The van der Waals surface area contributed by atoms with Crippen LogP contribution in [0, 0.1) is 0 Å². The molecule has 7 heteroatoms. The van der Waals surface area contributed by atoms with Crippen LogP contribution in [0.15, 0.2) is 65.9 Å². The first kappa shape index (κ1) is 19.3. The van der Waals surface area contributed by atoms with E-state index in [0.717, 1.165) is 37.0 Å². The molecule has 6 nitrogen and oxygen atoms in total. The Balaban J connectivity index is 0.00000210. The number of halogens is 1. The Hall–Kier alpha value is -2.42. The van der Waals surface area contributed by atoms with Gasteiger partial charge in [0.05, 0.1) is 0 Å². The van der Waals surface area contributed by atoms with Gasteiger partial charge >= 0.3 is 0 Å². The lowest BCUT2D eigenvalue weighted by molar-refractivity contribution is 0.830. The molecule has 4 rings (SSSR count). The smallest absolute Gasteiger partial charge is 0.198 e. The molecule has 2 aromatic carbocycles. The zero-order valence-corrected chi connectivity index (χ0v) is 17.6. The van der Waals surface area contributed by atoms with E-state index in [1.165, 1.54) is 11.3 Å². The van der Waals surface area contributed by atoms with Crippen molar-refractivity contribution >= 4 is 35.6 Å². The van der Waals surface area contributed by atoms with Crippen molar-refractivity contribution in [1.29, 1.82) is 0 Å². The summed E-state index contributed by atoms with van der Waals surface area (Å²) in [6, 6.07) is 18.6. The van der Waals surface area contributed by atoms with Crippen molar-refractivity contribution in [2.75, 3.05) is 18.0 Å². The van der Waals surface area contributed by atoms with Crippen molar-refractivity contribution in [3.05, 3.63) is 72.3 Å². The summed E-state index contributed by atoms with van der Waals surface area (Å²) in [5.74, 6) is 1.71. The second kappa shape index (κ2) is 8.98. The van der Waals surface area contributed by atoms with Crippen LogP contribution in [0.1, 0.15) is 18.3 Å². The van der Waals surface area contributed by atoms with Gasteiger partial charge in [0.2, 0.25) is 0 Å². The van der Waals surface area contributed by atoms with E-state index in [1.54, 1.807) is 6.33 Å². The predicted octanol–water partition coefficient (Wildman–Crippen LogP) is 3.41.